The first kappa shape index (κ1) is 26.2. The van der Waals surface area contributed by atoms with Crippen LogP contribution in [0, 0.1) is 48.9 Å². The topological polar surface area (TPSA) is 167 Å². The van der Waals surface area contributed by atoms with Crippen molar-refractivity contribution in [3.8, 4) is 35.4 Å². The van der Waals surface area contributed by atoms with E-state index in [1.807, 2.05) is 11.2 Å². The van der Waals surface area contributed by atoms with Gasteiger partial charge in [0.1, 0.15) is 5.69 Å². The third-order valence-electron chi connectivity index (χ3n) is 4.64. The van der Waals surface area contributed by atoms with E-state index in [4.69, 9.17) is 18.1 Å². The fraction of sp³-hybridized carbons (Fsp3) is 0.182. The number of aryl methyl sites for hydroxylation is 1. The molecule has 12 nitrogen and oxygen atoms in total. The Morgan fingerprint density at radius 2 is 2.03 bits per heavy atom. The first-order valence-electron chi connectivity index (χ1n) is 9.91. The number of fused-ring (bicyclic) bond motifs is 1. The molecule has 182 valence electrons. The molecule has 0 spiro atoms. The van der Waals surface area contributed by atoms with Crippen molar-refractivity contribution in [2.75, 3.05) is 6.54 Å². The zero-order valence-electron chi connectivity index (χ0n) is 18.9. The summed E-state index contributed by atoms with van der Waals surface area (Å²) in [6.45, 7) is 10.8. The second kappa shape index (κ2) is 10.4. The molecule has 14 heteroatoms. The molecule has 0 amide bonds. The molecule has 0 aliphatic carbocycles. The average Bonchev–Trinajstić information content (AvgIpc) is 3.35. The van der Waals surface area contributed by atoms with Crippen LogP contribution in [0.1, 0.15) is 24.2 Å². The fourth-order valence-corrected chi connectivity index (χ4v) is 4.11. The van der Waals surface area contributed by atoms with Crippen LogP contribution in [-0.2, 0) is 20.0 Å². The third-order valence-corrected chi connectivity index (χ3v) is 6.47. The van der Waals surface area contributed by atoms with Gasteiger partial charge in [-0.15, -0.1) is 6.42 Å². The van der Waals surface area contributed by atoms with Crippen molar-refractivity contribution in [2.45, 2.75) is 24.7 Å². The van der Waals surface area contributed by atoms with Crippen LogP contribution in [0.4, 0.5) is 17.1 Å². The monoisotopic (exact) mass is 521 g/mol. The number of aromatic nitrogens is 3. The van der Waals surface area contributed by atoms with Gasteiger partial charge in [0.15, 0.2) is 0 Å². The van der Waals surface area contributed by atoms with Gasteiger partial charge in [-0.3, -0.25) is 5.10 Å². The number of hydrogen-bond donors (Lipinski definition) is 2. The van der Waals surface area contributed by atoms with Crippen molar-refractivity contribution >= 4 is 42.8 Å². The smallest absolute Gasteiger partial charge is 0.281 e. The van der Waals surface area contributed by atoms with Crippen LogP contribution in [0.2, 0.25) is 0 Å². The van der Waals surface area contributed by atoms with Crippen molar-refractivity contribution in [1.29, 1.82) is 0 Å². The number of nitrogens with two attached hydrogens (primary N) is 1. The summed E-state index contributed by atoms with van der Waals surface area (Å²) in [5.74, 6) is 8.26. The molecule has 3 aromatic rings. The van der Waals surface area contributed by atoms with E-state index in [9.17, 15) is 16.8 Å². The van der Waals surface area contributed by atoms with Crippen LogP contribution in [0.5, 0.6) is 0 Å². The summed E-state index contributed by atoms with van der Waals surface area (Å²) in [5, 5.41) is 19.7. The van der Waals surface area contributed by atoms with E-state index in [-0.39, 0.29) is 28.7 Å². The third kappa shape index (κ3) is 6.16. The van der Waals surface area contributed by atoms with E-state index in [2.05, 4.69) is 47.6 Å². The highest BCUT2D eigenvalue weighted by atomic mass is 32.2. The Hall–Kier alpha value is -4.44. The lowest BCUT2D eigenvalue weighted by molar-refractivity contribution is 0.584. The van der Waals surface area contributed by atoms with E-state index >= 15 is 0 Å². The number of rotatable bonds is 7. The van der Waals surface area contributed by atoms with Crippen LogP contribution in [-0.4, -0.2) is 33.0 Å². The molecule has 0 aliphatic rings. The summed E-state index contributed by atoms with van der Waals surface area (Å²) < 4.78 is 50.8. The van der Waals surface area contributed by atoms with E-state index in [1.54, 1.807) is 20.0 Å². The molecule has 3 N–H and O–H groups in total. The molecular weight excluding hydrogens is 504 g/mol. The average molecular weight is 522 g/mol. The molecule has 0 saturated heterocycles. The van der Waals surface area contributed by atoms with Gasteiger partial charge in [-0.05, 0) is 48.5 Å². The highest BCUT2D eigenvalue weighted by Gasteiger charge is 2.14. The van der Waals surface area contributed by atoms with Crippen molar-refractivity contribution in [1.82, 2.24) is 19.3 Å². The van der Waals surface area contributed by atoms with E-state index < -0.39 is 20.0 Å². The van der Waals surface area contributed by atoms with E-state index in [1.165, 1.54) is 16.6 Å². The van der Waals surface area contributed by atoms with E-state index in [0.29, 0.717) is 22.7 Å². The summed E-state index contributed by atoms with van der Waals surface area (Å²) in [7, 11) is -7.87. The number of benzene rings is 1. The Balaban J connectivity index is 1.84. The Morgan fingerprint density at radius 1 is 1.28 bits per heavy atom. The number of azo groups is 1. The summed E-state index contributed by atoms with van der Waals surface area (Å²) in [4.78, 5) is 7.57. The van der Waals surface area contributed by atoms with Crippen LogP contribution in [0.3, 0.4) is 0 Å². The van der Waals surface area contributed by atoms with Gasteiger partial charge in [0.05, 0.1) is 28.1 Å². The number of imidazole rings is 1. The van der Waals surface area contributed by atoms with Gasteiger partial charge in [-0.1, -0.05) is 18.8 Å². The zero-order chi connectivity index (χ0) is 26.5. The van der Waals surface area contributed by atoms with Gasteiger partial charge in [0.2, 0.25) is 15.7 Å². The summed E-state index contributed by atoms with van der Waals surface area (Å²) in [6.07, 6.45) is 6.58. The number of sulfonamides is 2. The summed E-state index contributed by atoms with van der Waals surface area (Å²) >= 11 is 0. The highest BCUT2D eigenvalue weighted by molar-refractivity contribution is 7.94. The molecule has 0 saturated carbocycles. The standard InChI is InChI=1S/C22H17N8O4S2/c1-5-6-7-8-11-35(31,32)25-13-15(2)20-14-30-22(26-20)21(16(3)29-30)28-27-18-10-9-17(36(23,33)34)12-19(18)24-4/h1,9-10,12,14-15,25H,13H2,2-3H3,(H2,23,33,34)/q-1. The Kier molecular flexibility index (Phi) is 7.59. The minimum Gasteiger partial charge on any atom is -0.436 e. The molecule has 0 aliphatic heterocycles. The number of hydrogen-bond acceptors (Lipinski definition) is 7. The minimum atomic E-state index is -3.97. The minimum absolute atomic E-state index is 0.0142. The SMILES string of the molecule is [C-]#[N+]c1cc(S(N)(=O)=O)ccc1N=Nc1c(C)nn2cc(C(C)CNS(=O)(=O)C#CC#CC#C)[n-]c12. The zero-order valence-corrected chi connectivity index (χ0v) is 20.5. The Labute approximate surface area is 207 Å². The summed E-state index contributed by atoms with van der Waals surface area (Å²) in [5.41, 5.74) is 1.84. The van der Waals surface area contributed by atoms with Crippen LogP contribution >= 0.6 is 0 Å². The van der Waals surface area contributed by atoms with Gasteiger partial charge < -0.3 is 9.50 Å². The molecular formula is C22H17N8O4S2-. The van der Waals surface area contributed by atoms with Crippen molar-refractivity contribution in [2.24, 2.45) is 15.4 Å². The molecule has 0 bridgehead atoms. The fourth-order valence-electron chi connectivity index (χ4n) is 2.85. The lowest BCUT2D eigenvalue weighted by Gasteiger charge is -2.12. The lowest BCUT2D eigenvalue weighted by atomic mass is 10.1. The maximum atomic E-state index is 12.0. The Bertz CT molecular complexity index is 1800. The van der Waals surface area contributed by atoms with Crippen molar-refractivity contribution in [3.05, 3.63) is 47.2 Å². The van der Waals surface area contributed by atoms with Gasteiger partial charge in [0.25, 0.3) is 10.0 Å². The van der Waals surface area contributed by atoms with Crippen LogP contribution in [0.25, 0.3) is 10.5 Å². The summed E-state index contributed by atoms with van der Waals surface area (Å²) in [6, 6.07) is 3.67. The number of nitrogens with one attached hydrogen (secondary N) is 1. The first-order valence-corrected chi connectivity index (χ1v) is 12.9. The molecule has 1 atom stereocenters. The lowest BCUT2D eigenvalue weighted by Crippen LogP contribution is -2.26. The maximum Gasteiger partial charge on any atom is 0.281 e. The molecule has 36 heavy (non-hydrogen) atoms. The van der Waals surface area contributed by atoms with Gasteiger partial charge in [0, 0.05) is 18.4 Å². The largest absolute Gasteiger partial charge is 0.436 e. The van der Waals surface area contributed by atoms with Crippen LogP contribution < -0.4 is 14.8 Å². The molecule has 2 heterocycles. The number of primary sulfonamides is 1. The van der Waals surface area contributed by atoms with Gasteiger partial charge in [-0.25, -0.2) is 23.1 Å². The molecule has 0 fully saturated rings. The predicted molar refractivity (Wildman–Crippen MR) is 131 cm³/mol. The maximum absolute atomic E-state index is 12.0. The van der Waals surface area contributed by atoms with Crippen LogP contribution in [0.15, 0.2) is 39.5 Å². The van der Waals surface area contributed by atoms with E-state index in [0.717, 1.165) is 6.07 Å². The molecule has 3 rings (SSSR count). The van der Waals surface area contributed by atoms with Crippen molar-refractivity contribution in [3.63, 3.8) is 0 Å². The second-order valence-corrected chi connectivity index (χ2v) is 10.3. The molecule has 1 unspecified atom stereocenters. The van der Waals surface area contributed by atoms with Gasteiger partial charge in [-0.2, -0.15) is 18.6 Å². The Morgan fingerprint density at radius 3 is 2.69 bits per heavy atom. The molecule has 0 radical (unpaired) electrons. The number of nitrogens with zero attached hydrogens (tertiary/aromatic N) is 6. The molecule has 1 aromatic carbocycles. The van der Waals surface area contributed by atoms with Gasteiger partial charge >= 0.3 is 0 Å². The highest BCUT2D eigenvalue weighted by Crippen LogP contribution is 2.33. The van der Waals surface area contributed by atoms with Crippen molar-refractivity contribution < 1.29 is 16.8 Å². The normalized spacial score (nSPS) is 12.2. The first-order chi connectivity index (χ1) is 16.9. The predicted octanol–water partition coefficient (Wildman–Crippen LogP) is 1.83. The number of terminal acetylenes is 1. The molecule has 2 aromatic heterocycles. The second-order valence-electron chi connectivity index (χ2n) is 7.25. The quantitative estimate of drug-likeness (QED) is 0.273.